The molecule has 0 aliphatic heterocycles. The molecule has 1 aromatic rings. The van der Waals surface area contributed by atoms with Crippen LogP contribution in [0.1, 0.15) is 36.1 Å². The number of hydrogen-bond acceptors (Lipinski definition) is 1. The molecule has 0 aliphatic carbocycles. The van der Waals surface area contributed by atoms with Gasteiger partial charge in [0.15, 0.2) is 0 Å². The van der Waals surface area contributed by atoms with Crippen molar-refractivity contribution in [2.75, 3.05) is 0 Å². The van der Waals surface area contributed by atoms with Crippen molar-refractivity contribution in [3.63, 3.8) is 0 Å². The van der Waals surface area contributed by atoms with Gasteiger partial charge < -0.3 is 5.41 Å². The monoisotopic (exact) mass is 211 g/mol. The van der Waals surface area contributed by atoms with Crippen LogP contribution in [0.5, 0.6) is 0 Å². The molecular weight excluding hydrogens is 194 g/mol. The number of nitrogens with one attached hydrogen (secondary N) is 1. The van der Waals surface area contributed by atoms with Gasteiger partial charge in [0, 0.05) is 6.21 Å². The number of hydrogen-bond donors (Lipinski definition) is 1. The smallest absolute Gasteiger partial charge is 0.0256 e. The lowest BCUT2D eigenvalue weighted by Gasteiger charge is -2.09. The molecule has 16 heavy (non-hydrogen) atoms. The van der Waals surface area contributed by atoms with E-state index in [1.54, 1.807) is 0 Å². The highest BCUT2D eigenvalue weighted by Crippen LogP contribution is 2.22. The van der Waals surface area contributed by atoms with E-state index in [4.69, 9.17) is 5.41 Å². The average molecular weight is 211 g/mol. The summed E-state index contributed by atoms with van der Waals surface area (Å²) >= 11 is 0. The average Bonchev–Trinajstić information content (AvgIpc) is 2.31. The first-order valence-corrected chi connectivity index (χ1v) is 5.33. The SMILES string of the molecule is C=Cc1ccc(C=N)c(/C=C\C)c1/C=C\C. The van der Waals surface area contributed by atoms with E-state index in [0.29, 0.717) is 0 Å². The lowest BCUT2D eigenvalue weighted by Crippen LogP contribution is -1.93. The molecule has 1 heteroatoms. The van der Waals surface area contributed by atoms with Crippen LogP contribution in [0.3, 0.4) is 0 Å². The summed E-state index contributed by atoms with van der Waals surface area (Å²) in [7, 11) is 0. The molecule has 0 aromatic heterocycles. The molecule has 0 atom stereocenters. The van der Waals surface area contributed by atoms with Gasteiger partial charge in [0.25, 0.3) is 0 Å². The largest absolute Gasteiger partial charge is 0.308 e. The second-order valence-corrected chi connectivity index (χ2v) is 3.42. The minimum Gasteiger partial charge on any atom is -0.308 e. The van der Waals surface area contributed by atoms with Gasteiger partial charge in [-0.1, -0.05) is 49.1 Å². The van der Waals surface area contributed by atoms with Gasteiger partial charge in [-0.3, -0.25) is 0 Å². The number of allylic oxidation sites excluding steroid dienone is 2. The normalized spacial score (nSPS) is 11.1. The summed E-state index contributed by atoms with van der Waals surface area (Å²) in [5.74, 6) is 0. The highest BCUT2D eigenvalue weighted by molar-refractivity contribution is 5.88. The summed E-state index contributed by atoms with van der Waals surface area (Å²) < 4.78 is 0. The Morgan fingerprint density at radius 1 is 1.00 bits per heavy atom. The molecule has 0 aliphatic rings. The van der Waals surface area contributed by atoms with Crippen LogP contribution >= 0.6 is 0 Å². The first-order chi connectivity index (χ1) is 7.78. The van der Waals surface area contributed by atoms with Crippen molar-refractivity contribution >= 4 is 24.4 Å². The molecule has 0 radical (unpaired) electrons. The minimum absolute atomic E-state index is 0.928. The van der Waals surface area contributed by atoms with Crippen LogP contribution in [0.2, 0.25) is 0 Å². The molecule has 82 valence electrons. The Bertz CT molecular complexity index is 408. The molecule has 0 amide bonds. The van der Waals surface area contributed by atoms with Gasteiger partial charge in [-0.2, -0.15) is 0 Å². The van der Waals surface area contributed by atoms with E-state index in [9.17, 15) is 0 Å². The minimum atomic E-state index is 0.928. The molecule has 1 nitrogen and oxygen atoms in total. The van der Waals surface area contributed by atoms with Gasteiger partial charge in [-0.15, -0.1) is 0 Å². The van der Waals surface area contributed by atoms with Crippen molar-refractivity contribution in [3.05, 3.63) is 53.1 Å². The molecule has 0 fully saturated rings. The first-order valence-electron chi connectivity index (χ1n) is 5.33. The Kier molecular flexibility index (Phi) is 4.46. The standard InChI is InChI=1S/C15H17N/c1-4-7-14-12(6-3)9-10-13(11-16)15(14)8-5-2/h4-11,16H,3H2,1-2H3/b7-4-,8-5-,16-11?. The third-order valence-corrected chi connectivity index (χ3v) is 2.40. The van der Waals surface area contributed by atoms with Crippen molar-refractivity contribution in [1.82, 2.24) is 0 Å². The summed E-state index contributed by atoms with van der Waals surface area (Å²) in [5.41, 5.74) is 4.22. The molecule has 0 saturated carbocycles. The molecule has 0 bridgehead atoms. The zero-order valence-corrected chi connectivity index (χ0v) is 9.83. The highest BCUT2D eigenvalue weighted by Gasteiger charge is 2.05. The van der Waals surface area contributed by atoms with Crippen LogP contribution in [0.15, 0.2) is 30.9 Å². The van der Waals surface area contributed by atoms with Crippen LogP contribution < -0.4 is 0 Å². The van der Waals surface area contributed by atoms with E-state index in [1.165, 1.54) is 6.21 Å². The third kappa shape index (κ3) is 2.37. The molecule has 0 saturated heterocycles. The highest BCUT2D eigenvalue weighted by atomic mass is 14.3. The molecular formula is C15H17N. The lowest BCUT2D eigenvalue weighted by atomic mass is 9.95. The summed E-state index contributed by atoms with van der Waals surface area (Å²) in [6.45, 7) is 7.78. The first kappa shape index (κ1) is 12.2. The van der Waals surface area contributed by atoms with Crippen molar-refractivity contribution in [1.29, 1.82) is 5.41 Å². The molecule has 1 rings (SSSR count). The Balaban J connectivity index is 3.58. The van der Waals surface area contributed by atoms with E-state index in [-0.39, 0.29) is 0 Å². The van der Waals surface area contributed by atoms with E-state index >= 15 is 0 Å². The molecule has 0 unspecified atom stereocenters. The maximum Gasteiger partial charge on any atom is 0.0256 e. The van der Waals surface area contributed by atoms with Crippen LogP contribution in [0, 0.1) is 5.41 Å². The lowest BCUT2D eigenvalue weighted by molar-refractivity contribution is 1.49. The predicted molar refractivity (Wildman–Crippen MR) is 73.8 cm³/mol. The molecule has 1 aromatic carbocycles. The summed E-state index contributed by atoms with van der Waals surface area (Å²) in [6.07, 6.45) is 11.3. The Labute approximate surface area is 97.3 Å². The summed E-state index contributed by atoms with van der Waals surface area (Å²) in [5, 5.41) is 7.41. The van der Waals surface area contributed by atoms with E-state index in [1.807, 2.05) is 50.3 Å². The third-order valence-electron chi connectivity index (χ3n) is 2.40. The quantitative estimate of drug-likeness (QED) is 0.714. The molecule has 1 N–H and O–H groups in total. The number of rotatable bonds is 4. The van der Waals surface area contributed by atoms with Crippen molar-refractivity contribution in [2.24, 2.45) is 0 Å². The van der Waals surface area contributed by atoms with Gasteiger partial charge in [0.1, 0.15) is 0 Å². The Morgan fingerprint density at radius 2 is 1.50 bits per heavy atom. The van der Waals surface area contributed by atoms with Gasteiger partial charge in [-0.25, -0.2) is 0 Å². The topological polar surface area (TPSA) is 23.9 Å². The molecule has 0 spiro atoms. The second kappa shape index (κ2) is 5.86. The van der Waals surface area contributed by atoms with Gasteiger partial charge in [-0.05, 0) is 36.1 Å². The summed E-state index contributed by atoms with van der Waals surface area (Å²) in [6, 6.07) is 3.95. The van der Waals surface area contributed by atoms with Crippen LogP contribution in [0.4, 0.5) is 0 Å². The maximum absolute atomic E-state index is 7.41. The zero-order valence-electron chi connectivity index (χ0n) is 9.83. The fourth-order valence-electron chi connectivity index (χ4n) is 1.68. The maximum atomic E-state index is 7.41. The van der Waals surface area contributed by atoms with Crippen molar-refractivity contribution in [2.45, 2.75) is 13.8 Å². The van der Waals surface area contributed by atoms with E-state index < -0.39 is 0 Å². The van der Waals surface area contributed by atoms with Gasteiger partial charge in [0.2, 0.25) is 0 Å². The van der Waals surface area contributed by atoms with E-state index in [0.717, 1.165) is 22.3 Å². The molecule has 0 heterocycles. The predicted octanol–water partition coefficient (Wildman–Crippen LogP) is 4.39. The van der Waals surface area contributed by atoms with Crippen molar-refractivity contribution < 1.29 is 0 Å². The summed E-state index contributed by atoms with van der Waals surface area (Å²) in [4.78, 5) is 0. The fourth-order valence-corrected chi connectivity index (χ4v) is 1.68. The Hall–Kier alpha value is -1.89. The van der Waals surface area contributed by atoms with Crippen molar-refractivity contribution in [3.8, 4) is 0 Å². The fraction of sp³-hybridized carbons (Fsp3) is 0.133. The Morgan fingerprint density at radius 3 is 1.94 bits per heavy atom. The van der Waals surface area contributed by atoms with Gasteiger partial charge >= 0.3 is 0 Å². The van der Waals surface area contributed by atoms with Crippen LogP contribution in [0.25, 0.3) is 18.2 Å². The van der Waals surface area contributed by atoms with Crippen LogP contribution in [-0.2, 0) is 0 Å². The van der Waals surface area contributed by atoms with E-state index in [2.05, 4.69) is 12.7 Å². The second-order valence-electron chi connectivity index (χ2n) is 3.42. The van der Waals surface area contributed by atoms with Crippen LogP contribution in [-0.4, -0.2) is 6.21 Å². The zero-order chi connectivity index (χ0) is 12.0. The number of benzene rings is 1. The van der Waals surface area contributed by atoms with Gasteiger partial charge in [0.05, 0.1) is 0 Å².